The molecule has 0 heterocycles. The van der Waals surface area contributed by atoms with Gasteiger partial charge < -0.3 is 15.7 Å². The van der Waals surface area contributed by atoms with Crippen LogP contribution in [0, 0.1) is 0 Å². The second-order valence-electron chi connectivity index (χ2n) is 4.67. The molecule has 0 saturated carbocycles. The van der Waals surface area contributed by atoms with Crippen LogP contribution in [0.4, 0.5) is 5.69 Å². The molecular weight excluding hydrogens is 310 g/mol. The molecule has 0 atom stereocenters. The van der Waals surface area contributed by atoms with E-state index in [0.29, 0.717) is 11.3 Å². The van der Waals surface area contributed by atoms with Crippen molar-refractivity contribution < 1.29 is 23.1 Å². The number of nitrogens with one attached hydrogen (secondary N) is 2. The summed E-state index contributed by atoms with van der Waals surface area (Å²) in [6.07, 6.45) is 1.09. The molecule has 0 fully saturated rings. The minimum atomic E-state index is -3.27. The number of benzene rings is 1. The van der Waals surface area contributed by atoms with E-state index in [0.717, 1.165) is 10.6 Å². The molecule has 0 bridgehead atoms. The number of carboxylic acids is 1. The first-order valence-electron chi connectivity index (χ1n) is 6.45. The molecule has 1 aromatic carbocycles. The largest absolute Gasteiger partial charge is 0.480 e. The smallest absolute Gasteiger partial charge is 0.322 e. The monoisotopic (exact) mass is 329 g/mol. The Hall–Kier alpha value is -2.13. The molecule has 1 aromatic rings. The summed E-state index contributed by atoms with van der Waals surface area (Å²) in [4.78, 5) is 22.4. The van der Waals surface area contributed by atoms with Crippen LogP contribution in [-0.2, 0) is 14.8 Å². The van der Waals surface area contributed by atoms with Crippen molar-refractivity contribution in [2.75, 3.05) is 38.3 Å². The van der Waals surface area contributed by atoms with Gasteiger partial charge in [0.2, 0.25) is 10.0 Å². The highest BCUT2D eigenvalue weighted by molar-refractivity contribution is 7.88. The van der Waals surface area contributed by atoms with Crippen LogP contribution in [0.5, 0.6) is 0 Å². The number of carbonyl (C=O) groups excluding carboxylic acids is 1. The van der Waals surface area contributed by atoms with Crippen LogP contribution >= 0.6 is 0 Å². The van der Waals surface area contributed by atoms with Crippen LogP contribution < -0.4 is 10.6 Å². The minimum absolute atomic E-state index is 0.168. The van der Waals surface area contributed by atoms with Crippen molar-refractivity contribution in [2.24, 2.45) is 0 Å². The molecule has 122 valence electrons. The maximum atomic E-state index is 11.9. The van der Waals surface area contributed by atoms with Gasteiger partial charge in [-0.2, -0.15) is 0 Å². The first-order chi connectivity index (χ1) is 10.2. The van der Waals surface area contributed by atoms with Crippen molar-refractivity contribution in [1.29, 1.82) is 0 Å². The lowest BCUT2D eigenvalue weighted by molar-refractivity contribution is -0.134. The Morgan fingerprint density at radius 3 is 2.59 bits per heavy atom. The van der Waals surface area contributed by atoms with Gasteiger partial charge in [-0.25, -0.2) is 12.7 Å². The van der Waals surface area contributed by atoms with Crippen molar-refractivity contribution in [3.63, 3.8) is 0 Å². The fourth-order valence-corrected chi connectivity index (χ4v) is 1.97. The highest BCUT2D eigenvalue weighted by Gasteiger charge is 2.11. The third kappa shape index (κ3) is 6.10. The second kappa shape index (κ2) is 7.76. The number of aliphatic carboxylic acids is 1. The number of sulfonamides is 1. The van der Waals surface area contributed by atoms with E-state index in [4.69, 9.17) is 5.11 Å². The number of anilines is 1. The first-order valence-corrected chi connectivity index (χ1v) is 8.30. The quantitative estimate of drug-likeness (QED) is 0.608. The molecule has 0 unspecified atom stereocenters. The van der Waals surface area contributed by atoms with E-state index in [9.17, 15) is 18.0 Å². The van der Waals surface area contributed by atoms with Crippen LogP contribution in [0.2, 0.25) is 0 Å². The first kappa shape index (κ1) is 17.9. The fourth-order valence-electron chi connectivity index (χ4n) is 1.54. The van der Waals surface area contributed by atoms with Gasteiger partial charge in [0.25, 0.3) is 5.91 Å². The zero-order valence-electron chi connectivity index (χ0n) is 12.4. The molecule has 0 radical (unpaired) electrons. The molecule has 1 amide bonds. The SMILES string of the molecule is CN(CCNC(=O)c1cccc(NCC(=O)O)c1)S(C)(=O)=O. The molecule has 0 aromatic heterocycles. The number of hydrogen-bond acceptors (Lipinski definition) is 5. The van der Waals surface area contributed by atoms with Gasteiger partial charge in [0.15, 0.2) is 0 Å². The number of hydrogen-bond donors (Lipinski definition) is 3. The third-order valence-corrected chi connectivity index (χ3v) is 4.16. The van der Waals surface area contributed by atoms with Crippen molar-refractivity contribution in [3.05, 3.63) is 29.8 Å². The number of amides is 1. The number of likely N-dealkylation sites (N-methyl/N-ethyl adjacent to an activating group) is 1. The summed E-state index contributed by atoms with van der Waals surface area (Å²) < 4.78 is 23.5. The Morgan fingerprint density at radius 1 is 1.32 bits per heavy atom. The molecular formula is C13H19N3O5S. The standard InChI is InChI=1S/C13H19N3O5S/c1-16(22(2,20)21)7-6-14-13(19)10-4-3-5-11(8-10)15-9-12(17)18/h3-5,8,15H,6-7,9H2,1-2H3,(H,14,19)(H,17,18). The van der Waals surface area contributed by atoms with Gasteiger partial charge in [-0.1, -0.05) is 6.07 Å². The summed E-state index contributed by atoms with van der Waals surface area (Å²) in [5, 5.41) is 13.9. The maximum absolute atomic E-state index is 11.9. The molecule has 0 saturated heterocycles. The molecule has 0 spiro atoms. The van der Waals surface area contributed by atoms with Crippen LogP contribution in [0.15, 0.2) is 24.3 Å². The highest BCUT2D eigenvalue weighted by Crippen LogP contribution is 2.10. The second-order valence-corrected chi connectivity index (χ2v) is 6.76. The number of carbonyl (C=O) groups is 2. The molecule has 1 rings (SSSR count). The van der Waals surface area contributed by atoms with Crippen molar-refractivity contribution in [2.45, 2.75) is 0 Å². The zero-order chi connectivity index (χ0) is 16.8. The van der Waals surface area contributed by atoms with Gasteiger partial charge in [-0.3, -0.25) is 9.59 Å². The molecule has 22 heavy (non-hydrogen) atoms. The topological polar surface area (TPSA) is 116 Å². The maximum Gasteiger partial charge on any atom is 0.322 e. The lowest BCUT2D eigenvalue weighted by atomic mass is 10.2. The van der Waals surface area contributed by atoms with Crippen molar-refractivity contribution in [1.82, 2.24) is 9.62 Å². The van der Waals surface area contributed by atoms with Crippen molar-refractivity contribution in [3.8, 4) is 0 Å². The Labute approximate surface area is 129 Å². The van der Waals surface area contributed by atoms with E-state index < -0.39 is 16.0 Å². The van der Waals surface area contributed by atoms with Crippen LogP contribution in [0.1, 0.15) is 10.4 Å². The van der Waals surface area contributed by atoms with Crippen molar-refractivity contribution >= 4 is 27.6 Å². The number of nitrogens with zero attached hydrogens (tertiary/aromatic N) is 1. The van der Waals surface area contributed by atoms with Gasteiger partial charge in [0, 0.05) is 31.4 Å². The van der Waals surface area contributed by atoms with Crippen LogP contribution in [0.25, 0.3) is 0 Å². The molecule has 0 aliphatic rings. The van der Waals surface area contributed by atoms with Gasteiger partial charge in [-0.15, -0.1) is 0 Å². The summed E-state index contributed by atoms with van der Waals surface area (Å²) in [6, 6.07) is 6.39. The summed E-state index contributed by atoms with van der Waals surface area (Å²) in [5.74, 6) is -1.36. The van der Waals surface area contributed by atoms with E-state index in [2.05, 4.69) is 10.6 Å². The predicted octanol–water partition coefficient (Wildman–Crippen LogP) is -0.196. The predicted molar refractivity (Wildman–Crippen MR) is 82.4 cm³/mol. The summed E-state index contributed by atoms with van der Waals surface area (Å²) in [5.41, 5.74) is 0.876. The van der Waals surface area contributed by atoms with Gasteiger partial charge in [0.1, 0.15) is 6.54 Å². The lowest BCUT2D eigenvalue weighted by Gasteiger charge is -2.14. The van der Waals surface area contributed by atoms with E-state index >= 15 is 0 Å². The average Bonchev–Trinajstić information content (AvgIpc) is 2.44. The Balaban J connectivity index is 2.55. The number of carboxylic acid groups (broad SMARTS) is 1. The highest BCUT2D eigenvalue weighted by atomic mass is 32.2. The van der Waals surface area contributed by atoms with E-state index in [1.807, 2.05) is 0 Å². The fraction of sp³-hybridized carbons (Fsp3) is 0.385. The molecule has 0 aliphatic carbocycles. The Kier molecular flexibility index (Phi) is 6.32. The molecule has 9 heteroatoms. The normalized spacial score (nSPS) is 11.2. The molecule has 0 aliphatic heterocycles. The minimum Gasteiger partial charge on any atom is -0.480 e. The van der Waals surface area contributed by atoms with E-state index in [-0.39, 0.29) is 25.5 Å². The molecule has 3 N–H and O–H groups in total. The molecule has 8 nitrogen and oxygen atoms in total. The van der Waals surface area contributed by atoms with Crippen LogP contribution in [-0.4, -0.2) is 62.6 Å². The summed E-state index contributed by atoms with van der Waals surface area (Å²) in [7, 11) is -1.84. The average molecular weight is 329 g/mol. The van der Waals surface area contributed by atoms with Gasteiger partial charge >= 0.3 is 5.97 Å². The summed E-state index contributed by atoms with van der Waals surface area (Å²) >= 11 is 0. The Morgan fingerprint density at radius 2 is 2.00 bits per heavy atom. The zero-order valence-corrected chi connectivity index (χ0v) is 13.2. The number of rotatable bonds is 8. The van der Waals surface area contributed by atoms with E-state index in [1.165, 1.54) is 13.1 Å². The van der Waals surface area contributed by atoms with Gasteiger partial charge in [-0.05, 0) is 18.2 Å². The van der Waals surface area contributed by atoms with E-state index in [1.54, 1.807) is 18.2 Å². The lowest BCUT2D eigenvalue weighted by Crippen LogP contribution is -2.35. The van der Waals surface area contributed by atoms with Crippen LogP contribution in [0.3, 0.4) is 0 Å². The van der Waals surface area contributed by atoms with Gasteiger partial charge in [0.05, 0.1) is 6.26 Å². The Bertz CT molecular complexity index is 645. The summed E-state index contributed by atoms with van der Waals surface area (Å²) in [6.45, 7) is 0.0982. The third-order valence-electron chi connectivity index (χ3n) is 2.85.